The maximum Gasteiger partial charge on any atom is 0.313 e. The van der Waals surface area contributed by atoms with Crippen molar-refractivity contribution in [3.8, 4) is 5.75 Å². The summed E-state index contributed by atoms with van der Waals surface area (Å²) in [5.41, 5.74) is -0.150. The number of methoxy groups -OCH3 is 1. The van der Waals surface area contributed by atoms with Gasteiger partial charge < -0.3 is 10.1 Å². The molecule has 0 aliphatic carbocycles. The minimum atomic E-state index is -0.667. The number of halogens is 1. The van der Waals surface area contributed by atoms with E-state index in [1.807, 2.05) is 6.26 Å². The number of rotatable bonds is 7. The monoisotopic (exact) mass is 274 g/mol. The summed E-state index contributed by atoms with van der Waals surface area (Å²) < 4.78 is 18.5. The van der Waals surface area contributed by atoms with Crippen molar-refractivity contribution in [2.45, 2.75) is 6.42 Å². The molecule has 0 aromatic heterocycles. The molecule has 1 aromatic rings. The molecule has 0 heterocycles. The van der Waals surface area contributed by atoms with Crippen LogP contribution in [0.5, 0.6) is 5.75 Å². The Labute approximate surface area is 109 Å². The van der Waals surface area contributed by atoms with E-state index in [-0.39, 0.29) is 17.1 Å². The number of nitrogens with one attached hydrogen (secondary N) is 1. The number of nitro groups is 1. The van der Waals surface area contributed by atoms with Crippen LogP contribution in [0.3, 0.4) is 0 Å². The van der Waals surface area contributed by atoms with Gasteiger partial charge in [-0.05, 0) is 18.4 Å². The van der Waals surface area contributed by atoms with Gasteiger partial charge in [0.1, 0.15) is 0 Å². The Bertz CT molecular complexity index is 429. The van der Waals surface area contributed by atoms with E-state index >= 15 is 0 Å². The molecule has 1 aromatic carbocycles. The number of hydrogen-bond donors (Lipinski definition) is 1. The number of benzene rings is 1. The van der Waals surface area contributed by atoms with Gasteiger partial charge in [-0.3, -0.25) is 10.1 Å². The van der Waals surface area contributed by atoms with Crippen LogP contribution in [0.1, 0.15) is 6.42 Å². The van der Waals surface area contributed by atoms with Crippen molar-refractivity contribution >= 4 is 23.1 Å². The molecule has 5 nitrogen and oxygen atoms in total. The Balaban J connectivity index is 2.83. The van der Waals surface area contributed by atoms with Crippen LogP contribution in [0, 0.1) is 15.9 Å². The van der Waals surface area contributed by atoms with E-state index in [1.54, 1.807) is 11.8 Å². The normalized spacial score (nSPS) is 10.2. The van der Waals surface area contributed by atoms with Crippen LogP contribution in [-0.4, -0.2) is 30.6 Å². The van der Waals surface area contributed by atoms with Crippen LogP contribution in [0.15, 0.2) is 12.1 Å². The molecular formula is C11H15FN2O3S. The lowest BCUT2D eigenvalue weighted by Crippen LogP contribution is -2.05. The first-order chi connectivity index (χ1) is 8.60. The molecule has 0 spiro atoms. The molecule has 0 fully saturated rings. The Hall–Kier alpha value is -1.50. The minimum Gasteiger partial charge on any atom is -0.490 e. The number of ether oxygens (including phenoxy) is 1. The predicted molar refractivity (Wildman–Crippen MR) is 71.1 cm³/mol. The van der Waals surface area contributed by atoms with E-state index < -0.39 is 10.7 Å². The molecule has 100 valence electrons. The highest BCUT2D eigenvalue weighted by atomic mass is 32.2. The topological polar surface area (TPSA) is 64.4 Å². The summed E-state index contributed by atoms with van der Waals surface area (Å²) >= 11 is 1.71. The molecule has 0 aliphatic rings. The SMILES string of the molecule is COc1cc(NCCCSC)c(F)cc1[N+](=O)[O-]. The molecule has 0 saturated heterocycles. The van der Waals surface area contributed by atoms with Crippen LogP contribution >= 0.6 is 11.8 Å². The van der Waals surface area contributed by atoms with E-state index in [4.69, 9.17) is 4.74 Å². The average molecular weight is 274 g/mol. The summed E-state index contributed by atoms with van der Waals surface area (Å²) in [6, 6.07) is 2.18. The van der Waals surface area contributed by atoms with Gasteiger partial charge in [0.2, 0.25) is 0 Å². The fraction of sp³-hybridized carbons (Fsp3) is 0.455. The van der Waals surface area contributed by atoms with Crippen molar-refractivity contribution in [1.82, 2.24) is 0 Å². The van der Waals surface area contributed by atoms with Gasteiger partial charge in [-0.2, -0.15) is 11.8 Å². The summed E-state index contributed by atoms with van der Waals surface area (Å²) in [5, 5.41) is 13.6. The molecule has 0 atom stereocenters. The molecule has 0 radical (unpaired) electrons. The number of anilines is 1. The summed E-state index contributed by atoms with van der Waals surface area (Å²) in [6.07, 6.45) is 2.88. The number of thioether (sulfide) groups is 1. The molecule has 1 rings (SSSR count). The van der Waals surface area contributed by atoms with Gasteiger partial charge in [0.05, 0.1) is 23.8 Å². The second-order valence-corrected chi connectivity index (χ2v) is 4.52. The lowest BCUT2D eigenvalue weighted by molar-refractivity contribution is -0.385. The van der Waals surface area contributed by atoms with Gasteiger partial charge in [0.25, 0.3) is 0 Å². The number of nitro benzene ring substituents is 1. The Morgan fingerprint density at radius 3 is 2.83 bits per heavy atom. The summed E-state index contributed by atoms with van der Waals surface area (Å²) in [5.74, 6) is 0.374. The average Bonchev–Trinajstić information content (AvgIpc) is 2.35. The molecule has 0 saturated carbocycles. The first-order valence-electron chi connectivity index (χ1n) is 5.35. The quantitative estimate of drug-likeness (QED) is 0.470. The van der Waals surface area contributed by atoms with Gasteiger partial charge in [0.15, 0.2) is 11.6 Å². The van der Waals surface area contributed by atoms with Crippen LogP contribution in [0.2, 0.25) is 0 Å². The van der Waals surface area contributed by atoms with Gasteiger partial charge >= 0.3 is 5.69 Å². The van der Waals surface area contributed by atoms with E-state index in [0.29, 0.717) is 6.54 Å². The van der Waals surface area contributed by atoms with Crippen molar-refractivity contribution in [3.63, 3.8) is 0 Å². The Kier molecular flexibility index (Phi) is 5.70. The first kappa shape index (κ1) is 14.6. The zero-order valence-electron chi connectivity index (χ0n) is 10.2. The van der Waals surface area contributed by atoms with E-state index in [0.717, 1.165) is 18.2 Å². The largest absolute Gasteiger partial charge is 0.490 e. The summed E-state index contributed by atoms with van der Waals surface area (Å²) in [7, 11) is 1.32. The standard InChI is InChI=1S/C11H15FN2O3S/c1-17-11-7-9(13-4-3-5-18-2)8(12)6-10(11)14(15)16/h6-7,13H,3-5H2,1-2H3. The first-order valence-corrected chi connectivity index (χ1v) is 6.74. The zero-order valence-corrected chi connectivity index (χ0v) is 11.1. The third kappa shape index (κ3) is 3.76. The summed E-state index contributed by atoms with van der Waals surface area (Å²) in [6.45, 7) is 0.610. The van der Waals surface area contributed by atoms with Crippen molar-refractivity contribution < 1.29 is 14.1 Å². The maximum absolute atomic E-state index is 13.6. The summed E-state index contributed by atoms with van der Waals surface area (Å²) in [4.78, 5) is 10.0. The van der Waals surface area contributed by atoms with Gasteiger partial charge in [-0.25, -0.2) is 4.39 Å². The lowest BCUT2D eigenvalue weighted by Gasteiger charge is -2.09. The highest BCUT2D eigenvalue weighted by Crippen LogP contribution is 2.32. The van der Waals surface area contributed by atoms with Gasteiger partial charge in [-0.1, -0.05) is 0 Å². The zero-order chi connectivity index (χ0) is 13.5. The lowest BCUT2D eigenvalue weighted by atomic mass is 10.2. The van der Waals surface area contributed by atoms with E-state index in [9.17, 15) is 14.5 Å². The van der Waals surface area contributed by atoms with E-state index in [1.165, 1.54) is 13.2 Å². The van der Waals surface area contributed by atoms with Gasteiger partial charge in [0, 0.05) is 12.6 Å². The molecule has 7 heteroatoms. The van der Waals surface area contributed by atoms with Crippen molar-refractivity contribution in [3.05, 3.63) is 28.1 Å². The smallest absolute Gasteiger partial charge is 0.313 e. The van der Waals surface area contributed by atoms with Crippen LogP contribution < -0.4 is 10.1 Å². The second-order valence-electron chi connectivity index (χ2n) is 3.53. The number of hydrogen-bond acceptors (Lipinski definition) is 5. The van der Waals surface area contributed by atoms with Crippen molar-refractivity contribution in [2.75, 3.05) is 31.0 Å². The Morgan fingerprint density at radius 2 is 2.28 bits per heavy atom. The van der Waals surface area contributed by atoms with Gasteiger partial charge in [-0.15, -0.1) is 0 Å². The molecule has 0 unspecified atom stereocenters. The van der Waals surface area contributed by atoms with Crippen molar-refractivity contribution in [1.29, 1.82) is 0 Å². The fourth-order valence-electron chi connectivity index (χ4n) is 1.42. The molecule has 1 N–H and O–H groups in total. The highest BCUT2D eigenvalue weighted by molar-refractivity contribution is 7.98. The van der Waals surface area contributed by atoms with Crippen LogP contribution in [0.25, 0.3) is 0 Å². The molecule has 18 heavy (non-hydrogen) atoms. The molecule has 0 bridgehead atoms. The molecule has 0 aliphatic heterocycles. The maximum atomic E-state index is 13.6. The molecule has 0 amide bonds. The third-order valence-corrected chi connectivity index (χ3v) is 3.00. The van der Waals surface area contributed by atoms with Crippen LogP contribution in [0.4, 0.5) is 15.8 Å². The predicted octanol–water partition coefficient (Wildman–Crippen LogP) is 2.91. The molecular weight excluding hydrogens is 259 g/mol. The van der Waals surface area contributed by atoms with Crippen LogP contribution in [-0.2, 0) is 0 Å². The highest BCUT2D eigenvalue weighted by Gasteiger charge is 2.18. The fourth-order valence-corrected chi connectivity index (χ4v) is 1.86. The van der Waals surface area contributed by atoms with Crippen molar-refractivity contribution in [2.24, 2.45) is 0 Å². The second kappa shape index (κ2) is 7.05. The third-order valence-electron chi connectivity index (χ3n) is 2.31. The Morgan fingerprint density at radius 1 is 1.56 bits per heavy atom. The number of nitrogens with zero attached hydrogens (tertiary/aromatic N) is 1. The van der Waals surface area contributed by atoms with E-state index in [2.05, 4.69) is 5.32 Å². The minimum absolute atomic E-state index is 0.0498.